The second-order valence-corrected chi connectivity index (χ2v) is 4.10. The lowest BCUT2D eigenvalue weighted by Gasteiger charge is -2.17. The number of nitrogens with zero attached hydrogens (tertiary/aromatic N) is 1. The van der Waals surface area contributed by atoms with Crippen LogP contribution in [0.25, 0.3) is 0 Å². The molecule has 1 aliphatic rings. The number of amides is 1. The van der Waals surface area contributed by atoms with Crippen molar-refractivity contribution in [3.8, 4) is 5.75 Å². The summed E-state index contributed by atoms with van der Waals surface area (Å²) in [7, 11) is 1.62. The van der Waals surface area contributed by atoms with Gasteiger partial charge in [0, 0.05) is 7.05 Å². The van der Waals surface area contributed by atoms with Crippen LogP contribution in [0.3, 0.4) is 0 Å². The fraction of sp³-hybridized carbons (Fsp3) is 0.333. The maximum Gasteiger partial charge on any atom is 0.335 e. The van der Waals surface area contributed by atoms with Gasteiger partial charge in [-0.1, -0.05) is 6.92 Å². The number of ether oxygens (including phenoxy) is 1. The number of hydrogen-bond donors (Lipinski definition) is 1. The molecular formula is C12H13NO4. The number of anilines is 1. The summed E-state index contributed by atoms with van der Waals surface area (Å²) in [6.07, 6.45) is 0. The summed E-state index contributed by atoms with van der Waals surface area (Å²) in [5.74, 6) is -0.798. The number of carboxylic acid groups (broad SMARTS) is 1. The summed E-state index contributed by atoms with van der Waals surface area (Å²) in [5, 5.41) is 8.92. The normalized spacial score (nSPS) is 19.3. The van der Waals surface area contributed by atoms with E-state index in [0.29, 0.717) is 18.0 Å². The zero-order chi connectivity index (χ0) is 12.6. The average molecular weight is 235 g/mol. The fourth-order valence-electron chi connectivity index (χ4n) is 1.77. The first-order valence-corrected chi connectivity index (χ1v) is 5.28. The first kappa shape index (κ1) is 11.4. The topological polar surface area (TPSA) is 66.8 Å². The molecule has 0 aromatic heterocycles. The van der Waals surface area contributed by atoms with Crippen LogP contribution in [-0.2, 0) is 4.79 Å². The maximum atomic E-state index is 11.9. The van der Waals surface area contributed by atoms with E-state index in [1.54, 1.807) is 20.0 Å². The first-order chi connectivity index (χ1) is 8.00. The molecule has 0 aliphatic carbocycles. The van der Waals surface area contributed by atoms with Crippen molar-refractivity contribution in [3.63, 3.8) is 0 Å². The van der Waals surface area contributed by atoms with Gasteiger partial charge in [-0.3, -0.25) is 4.79 Å². The van der Waals surface area contributed by atoms with E-state index in [1.807, 2.05) is 0 Å². The van der Waals surface area contributed by atoms with E-state index in [2.05, 4.69) is 0 Å². The molecule has 0 fully saturated rings. The second kappa shape index (κ2) is 4.08. The molecule has 1 atom stereocenters. The quantitative estimate of drug-likeness (QED) is 0.798. The van der Waals surface area contributed by atoms with Crippen molar-refractivity contribution in [2.24, 2.45) is 5.92 Å². The van der Waals surface area contributed by atoms with Crippen LogP contribution < -0.4 is 9.64 Å². The highest BCUT2D eigenvalue weighted by molar-refractivity contribution is 5.98. The van der Waals surface area contributed by atoms with Crippen molar-refractivity contribution in [1.82, 2.24) is 0 Å². The molecular weight excluding hydrogens is 222 g/mol. The zero-order valence-electron chi connectivity index (χ0n) is 9.64. The summed E-state index contributed by atoms with van der Waals surface area (Å²) < 4.78 is 5.48. The molecule has 90 valence electrons. The van der Waals surface area contributed by atoms with Crippen LogP contribution in [0.4, 0.5) is 5.69 Å². The summed E-state index contributed by atoms with van der Waals surface area (Å²) in [5.41, 5.74) is 0.640. The van der Waals surface area contributed by atoms with E-state index in [9.17, 15) is 9.59 Å². The van der Waals surface area contributed by atoms with Crippen molar-refractivity contribution >= 4 is 17.6 Å². The van der Waals surface area contributed by atoms with Crippen LogP contribution in [0.5, 0.6) is 5.75 Å². The molecule has 1 N–H and O–H groups in total. The van der Waals surface area contributed by atoms with Crippen LogP contribution in [0.15, 0.2) is 18.2 Å². The second-order valence-electron chi connectivity index (χ2n) is 4.10. The lowest BCUT2D eigenvalue weighted by atomic mass is 10.1. The van der Waals surface area contributed by atoms with Gasteiger partial charge in [-0.2, -0.15) is 0 Å². The Hall–Kier alpha value is -2.04. The van der Waals surface area contributed by atoms with E-state index in [0.717, 1.165) is 0 Å². The third-order valence-corrected chi connectivity index (χ3v) is 2.81. The number of rotatable bonds is 1. The van der Waals surface area contributed by atoms with Crippen molar-refractivity contribution in [2.45, 2.75) is 6.92 Å². The minimum absolute atomic E-state index is 0.0775. The Labute approximate surface area is 98.6 Å². The molecule has 1 aromatic rings. The highest BCUT2D eigenvalue weighted by atomic mass is 16.5. The van der Waals surface area contributed by atoms with Crippen LogP contribution in [0.1, 0.15) is 17.3 Å². The Kier molecular flexibility index (Phi) is 2.75. The molecule has 0 unspecified atom stereocenters. The Morgan fingerprint density at radius 1 is 1.53 bits per heavy atom. The number of fused-ring (bicyclic) bond motifs is 1. The predicted octanol–water partition coefficient (Wildman–Crippen LogP) is 1.38. The van der Waals surface area contributed by atoms with Gasteiger partial charge in [0.1, 0.15) is 5.75 Å². The van der Waals surface area contributed by atoms with E-state index in [4.69, 9.17) is 9.84 Å². The van der Waals surface area contributed by atoms with Crippen molar-refractivity contribution in [2.75, 3.05) is 18.6 Å². The van der Waals surface area contributed by atoms with E-state index < -0.39 is 5.97 Å². The Bertz CT molecular complexity index is 483. The maximum absolute atomic E-state index is 11.9. The molecule has 0 bridgehead atoms. The van der Waals surface area contributed by atoms with Gasteiger partial charge < -0.3 is 14.7 Å². The minimum Gasteiger partial charge on any atom is -0.491 e. The van der Waals surface area contributed by atoms with Crippen molar-refractivity contribution < 1.29 is 19.4 Å². The Balaban J connectivity index is 2.49. The highest BCUT2D eigenvalue weighted by Crippen LogP contribution is 2.32. The number of benzene rings is 1. The van der Waals surface area contributed by atoms with Gasteiger partial charge >= 0.3 is 5.97 Å². The standard InChI is InChI=1S/C12H13NO4/c1-7-6-17-10-4-3-8(12(15)16)5-9(10)13(2)11(7)14/h3-5,7H,6H2,1-2H3,(H,15,16)/t7-/m0/s1. The molecule has 0 radical (unpaired) electrons. The molecule has 1 amide bonds. The molecule has 1 aliphatic heterocycles. The summed E-state index contributed by atoms with van der Waals surface area (Å²) in [6, 6.07) is 4.50. The highest BCUT2D eigenvalue weighted by Gasteiger charge is 2.26. The number of carboxylic acids is 1. The molecule has 0 spiro atoms. The van der Waals surface area contributed by atoms with Gasteiger partial charge in [0.2, 0.25) is 5.91 Å². The van der Waals surface area contributed by atoms with Crippen LogP contribution in [-0.4, -0.2) is 30.6 Å². The summed E-state index contributed by atoms with van der Waals surface area (Å²) >= 11 is 0. The van der Waals surface area contributed by atoms with E-state index in [1.165, 1.54) is 17.0 Å². The van der Waals surface area contributed by atoms with E-state index in [-0.39, 0.29) is 17.4 Å². The van der Waals surface area contributed by atoms with Gasteiger partial charge in [0.25, 0.3) is 0 Å². The van der Waals surface area contributed by atoms with Crippen LogP contribution in [0, 0.1) is 5.92 Å². The van der Waals surface area contributed by atoms with E-state index >= 15 is 0 Å². The lowest BCUT2D eigenvalue weighted by molar-refractivity contribution is -0.122. The molecule has 5 nitrogen and oxygen atoms in total. The molecule has 1 heterocycles. The number of carbonyl (C=O) groups is 2. The minimum atomic E-state index is -1.02. The third kappa shape index (κ3) is 1.95. The first-order valence-electron chi connectivity index (χ1n) is 5.28. The zero-order valence-corrected chi connectivity index (χ0v) is 9.64. The fourth-order valence-corrected chi connectivity index (χ4v) is 1.77. The van der Waals surface area contributed by atoms with Gasteiger partial charge in [-0.05, 0) is 18.2 Å². The lowest BCUT2D eigenvalue weighted by Crippen LogP contribution is -2.31. The van der Waals surface area contributed by atoms with Crippen molar-refractivity contribution in [1.29, 1.82) is 0 Å². The van der Waals surface area contributed by atoms with Crippen LogP contribution >= 0.6 is 0 Å². The summed E-state index contributed by atoms with van der Waals surface area (Å²) in [4.78, 5) is 24.2. The molecule has 17 heavy (non-hydrogen) atoms. The molecule has 2 rings (SSSR count). The monoisotopic (exact) mass is 235 g/mol. The smallest absolute Gasteiger partial charge is 0.335 e. The number of aromatic carboxylic acids is 1. The predicted molar refractivity (Wildman–Crippen MR) is 61.5 cm³/mol. The molecule has 5 heteroatoms. The third-order valence-electron chi connectivity index (χ3n) is 2.81. The average Bonchev–Trinajstić information content (AvgIpc) is 2.42. The molecule has 1 aromatic carbocycles. The van der Waals surface area contributed by atoms with Gasteiger partial charge in [0.15, 0.2) is 0 Å². The number of hydrogen-bond acceptors (Lipinski definition) is 3. The largest absolute Gasteiger partial charge is 0.491 e. The summed E-state index contributed by atoms with van der Waals surface area (Å²) in [6.45, 7) is 2.09. The SMILES string of the molecule is C[C@H]1COc2ccc(C(=O)O)cc2N(C)C1=O. The van der Waals surface area contributed by atoms with Gasteiger partial charge in [0.05, 0.1) is 23.8 Å². The Morgan fingerprint density at radius 3 is 2.88 bits per heavy atom. The van der Waals surface area contributed by atoms with Crippen LogP contribution in [0.2, 0.25) is 0 Å². The van der Waals surface area contributed by atoms with Gasteiger partial charge in [-0.15, -0.1) is 0 Å². The Morgan fingerprint density at radius 2 is 2.24 bits per heavy atom. The van der Waals surface area contributed by atoms with Crippen molar-refractivity contribution in [3.05, 3.63) is 23.8 Å². The molecule has 0 saturated heterocycles. The molecule has 0 saturated carbocycles. The number of carbonyl (C=O) groups excluding carboxylic acids is 1. The van der Waals surface area contributed by atoms with Gasteiger partial charge in [-0.25, -0.2) is 4.79 Å².